The number of aryl methyl sites for hydroxylation is 1. The molecule has 1 amide bonds. The van der Waals surface area contributed by atoms with E-state index >= 15 is 0 Å². The zero-order valence-electron chi connectivity index (χ0n) is 13.0. The van der Waals surface area contributed by atoms with Crippen LogP contribution in [-0.4, -0.2) is 27.1 Å². The zero-order chi connectivity index (χ0) is 16.4. The lowest BCUT2D eigenvalue weighted by Crippen LogP contribution is -2.39. The Balaban J connectivity index is 1.82. The van der Waals surface area contributed by atoms with E-state index in [2.05, 4.69) is 5.10 Å². The largest absolute Gasteiger partial charge is 0.335 e. The summed E-state index contributed by atoms with van der Waals surface area (Å²) in [5.41, 5.74) is 1.30. The van der Waals surface area contributed by atoms with Gasteiger partial charge in [-0.3, -0.25) is 9.48 Å². The van der Waals surface area contributed by atoms with Gasteiger partial charge in [0.1, 0.15) is 5.82 Å². The van der Waals surface area contributed by atoms with Crippen LogP contribution in [0.4, 0.5) is 4.39 Å². The summed E-state index contributed by atoms with van der Waals surface area (Å²) in [6.45, 7) is 0.685. The fourth-order valence-electron chi connectivity index (χ4n) is 3.14. The Kier molecular flexibility index (Phi) is 4.66. The predicted octanol–water partition coefficient (Wildman–Crippen LogP) is 3.51. The standard InChI is InChI=1S/C17H19ClFN3O/c1-21-11-12(10-20-21)16-7-2-3-8-22(16)17(23)9-13-14(18)5-4-6-15(13)19/h4-6,10-11,16H,2-3,7-9H2,1H3/t16-/m1/s1. The van der Waals surface area contributed by atoms with Gasteiger partial charge in [0.15, 0.2) is 0 Å². The second-order valence-corrected chi connectivity index (χ2v) is 6.33. The molecular weight excluding hydrogens is 317 g/mol. The second-order valence-electron chi connectivity index (χ2n) is 5.92. The first-order chi connectivity index (χ1) is 11.1. The topological polar surface area (TPSA) is 38.1 Å². The van der Waals surface area contributed by atoms with Crippen LogP contribution in [0.3, 0.4) is 0 Å². The maximum atomic E-state index is 13.9. The summed E-state index contributed by atoms with van der Waals surface area (Å²) in [5, 5.41) is 4.49. The highest BCUT2D eigenvalue weighted by atomic mass is 35.5. The van der Waals surface area contributed by atoms with Gasteiger partial charge in [0.05, 0.1) is 18.7 Å². The van der Waals surface area contributed by atoms with Crippen LogP contribution in [0.25, 0.3) is 0 Å². The number of carbonyl (C=O) groups is 1. The van der Waals surface area contributed by atoms with Crippen LogP contribution in [0.5, 0.6) is 0 Å². The van der Waals surface area contributed by atoms with Crippen molar-refractivity contribution >= 4 is 17.5 Å². The summed E-state index contributed by atoms with van der Waals surface area (Å²) in [6.07, 6.45) is 6.67. The van der Waals surface area contributed by atoms with E-state index < -0.39 is 5.82 Å². The van der Waals surface area contributed by atoms with Gasteiger partial charge in [0.2, 0.25) is 5.91 Å². The first kappa shape index (κ1) is 16.0. The molecule has 1 aromatic heterocycles. The van der Waals surface area contributed by atoms with Crippen molar-refractivity contribution in [3.05, 3.63) is 52.6 Å². The van der Waals surface area contributed by atoms with Crippen LogP contribution in [0.1, 0.15) is 36.4 Å². The highest BCUT2D eigenvalue weighted by Gasteiger charge is 2.29. The normalized spacial score (nSPS) is 18.2. The molecule has 1 saturated heterocycles. The fourth-order valence-corrected chi connectivity index (χ4v) is 3.37. The number of rotatable bonds is 3. The molecule has 0 spiro atoms. The van der Waals surface area contributed by atoms with Crippen LogP contribution in [-0.2, 0) is 18.3 Å². The molecule has 6 heteroatoms. The molecule has 1 aromatic carbocycles. The number of carbonyl (C=O) groups excluding carboxylic acids is 1. The Morgan fingerprint density at radius 2 is 2.26 bits per heavy atom. The van der Waals surface area contributed by atoms with E-state index in [0.29, 0.717) is 11.6 Å². The monoisotopic (exact) mass is 335 g/mol. The smallest absolute Gasteiger partial charge is 0.227 e. The molecule has 0 aliphatic carbocycles. The molecule has 0 radical (unpaired) electrons. The van der Waals surface area contributed by atoms with E-state index in [9.17, 15) is 9.18 Å². The van der Waals surface area contributed by atoms with Crippen molar-refractivity contribution in [3.8, 4) is 0 Å². The van der Waals surface area contributed by atoms with Crippen LogP contribution >= 0.6 is 11.6 Å². The van der Waals surface area contributed by atoms with Crippen LogP contribution in [0.2, 0.25) is 5.02 Å². The average molecular weight is 336 g/mol. The van der Waals surface area contributed by atoms with Gasteiger partial charge in [-0.05, 0) is 31.4 Å². The van der Waals surface area contributed by atoms with Gasteiger partial charge < -0.3 is 4.90 Å². The summed E-state index contributed by atoms with van der Waals surface area (Å²) < 4.78 is 15.7. The first-order valence-corrected chi connectivity index (χ1v) is 8.15. The summed E-state index contributed by atoms with van der Waals surface area (Å²) in [6, 6.07) is 4.51. The van der Waals surface area contributed by atoms with Gasteiger partial charge >= 0.3 is 0 Å². The summed E-state index contributed by atoms with van der Waals surface area (Å²) >= 11 is 6.05. The number of hydrogen-bond acceptors (Lipinski definition) is 2. The molecule has 0 N–H and O–H groups in total. The van der Waals surface area contributed by atoms with Crippen molar-refractivity contribution in [2.24, 2.45) is 7.05 Å². The Bertz CT molecular complexity index is 695. The van der Waals surface area contributed by atoms with E-state index in [1.807, 2.05) is 18.1 Å². The number of piperidine rings is 1. The number of benzene rings is 1. The van der Waals surface area contributed by atoms with Gasteiger partial charge in [-0.15, -0.1) is 0 Å². The van der Waals surface area contributed by atoms with Crippen LogP contribution in [0.15, 0.2) is 30.6 Å². The molecule has 4 nitrogen and oxygen atoms in total. The third kappa shape index (κ3) is 3.39. The fraction of sp³-hybridized carbons (Fsp3) is 0.412. The van der Waals surface area contributed by atoms with Gasteiger partial charge in [0.25, 0.3) is 0 Å². The molecule has 1 aliphatic heterocycles. The van der Waals surface area contributed by atoms with E-state index in [0.717, 1.165) is 24.8 Å². The minimum atomic E-state index is -0.430. The lowest BCUT2D eigenvalue weighted by atomic mass is 9.96. The number of halogens is 2. The summed E-state index contributed by atoms with van der Waals surface area (Å²) in [4.78, 5) is 14.6. The Morgan fingerprint density at radius 1 is 1.43 bits per heavy atom. The zero-order valence-corrected chi connectivity index (χ0v) is 13.8. The Morgan fingerprint density at radius 3 is 2.96 bits per heavy atom. The third-order valence-electron chi connectivity index (χ3n) is 4.32. The number of amides is 1. The quantitative estimate of drug-likeness (QED) is 0.861. The van der Waals surface area contributed by atoms with Crippen molar-refractivity contribution in [2.75, 3.05) is 6.54 Å². The molecule has 3 rings (SSSR count). The molecule has 122 valence electrons. The predicted molar refractivity (Wildman–Crippen MR) is 86.6 cm³/mol. The molecule has 0 bridgehead atoms. The average Bonchev–Trinajstić information content (AvgIpc) is 2.97. The molecule has 0 unspecified atom stereocenters. The molecule has 23 heavy (non-hydrogen) atoms. The highest BCUT2D eigenvalue weighted by molar-refractivity contribution is 6.31. The van der Waals surface area contributed by atoms with E-state index in [1.165, 1.54) is 6.07 Å². The van der Waals surface area contributed by atoms with Crippen molar-refractivity contribution in [3.63, 3.8) is 0 Å². The maximum absolute atomic E-state index is 13.9. The van der Waals surface area contributed by atoms with Crippen molar-refractivity contribution in [1.29, 1.82) is 0 Å². The SMILES string of the molecule is Cn1cc([C@H]2CCCCN2C(=O)Cc2c(F)cccc2Cl)cn1. The van der Waals surface area contributed by atoms with Gasteiger partial charge in [0, 0.05) is 35.9 Å². The molecular formula is C17H19ClFN3O. The summed E-state index contributed by atoms with van der Waals surface area (Å²) in [7, 11) is 1.86. The molecule has 1 atom stereocenters. The Labute approximate surface area is 139 Å². The van der Waals surface area contributed by atoms with Crippen LogP contribution < -0.4 is 0 Å². The minimum absolute atomic E-state index is 0.00972. The second kappa shape index (κ2) is 6.71. The molecule has 2 aromatic rings. The van der Waals surface area contributed by atoms with Gasteiger partial charge in [-0.1, -0.05) is 17.7 Å². The van der Waals surface area contributed by atoms with Gasteiger partial charge in [-0.2, -0.15) is 5.10 Å². The molecule has 0 saturated carbocycles. The minimum Gasteiger partial charge on any atom is -0.335 e. The van der Waals surface area contributed by atoms with Crippen molar-refractivity contribution in [2.45, 2.75) is 31.7 Å². The van der Waals surface area contributed by atoms with Crippen molar-refractivity contribution < 1.29 is 9.18 Å². The van der Waals surface area contributed by atoms with E-state index in [1.54, 1.807) is 23.0 Å². The third-order valence-corrected chi connectivity index (χ3v) is 4.68. The number of nitrogens with zero attached hydrogens (tertiary/aromatic N) is 3. The molecule has 2 heterocycles. The number of likely N-dealkylation sites (tertiary alicyclic amines) is 1. The van der Waals surface area contributed by atoms with E-state index in [-0.39, 0.29) is 23.9 Å². The number of hydrogen-bond donors (Lipinski definition) is 0. The molecule has 1 fully saturated rings. The van der Waals surface area contributed by atoms with E-state index in [4.69, 9.17) is 11.6 Å². The molecule has 1 aliphatic rings. The van der Waals surface area contributed by atoms with Gasteiger partial charge in [-0.25, -0.2) is 4.39 Å². The lowest BCUT2D eigenvalue weighted by Gasteiger charge is -2.35. The van der Waals surface area contributed by atoms with Crippen molar-refractivity contribution in [1.82, 2.24) is 14.7 Å². The van der Waals surface area contributed by atoms with Crippen LogP contribution in [0, 0.1) is 5.82 Å². The highest BCUT2D eigenvalue weighted by Crippen LogP contribution is 2.31. The first-order valence-electron chi connectivity index (χ1n) is 7.77. The summed E-state index contributed by atoms with van der Waals surface area (Å²) in [5.74, 6) is -0.522. The lowest BCUT2D eigenvalue weighted by molar-refractivity contribution is -0.134. The Hall–Kier alpha value is -1.88. The maximum Gasteiger partial charge on any atom is 0.227 e. The number of aromatic nitrogens is 2.